The number of benzene rings is 1. The number of carbonyl (C=O) groups is 1. The lowest BCUT2D eigenvalue weighted by Gasteiger charge is -2.10. The third-order valence-electron chi connectivity index (χ3n) is 3.55. The van der Waals surface area contributed by atoms with Gasteiger partial charge in [0.15, 0.2) is 17.3 Å². The lowest BCUT2D eigenvalue weighted by molar-refractivity contribution is -0.111. The van der Waals surface area contributed by atoms with Crippen LogP contribution in [0.5, 0.6) is 11.5 Å². The summed E-state index contributed by atoms with van der Waals surface area (Å²) in [6, 6.07) is 6.86. The summed E-state index contributed by atoms with van der Waals surface area (Å²) in [6.07, 6.45) is 7.51. The van der Waals surface area contributed by atoms with E-state index in [1.54, 1.807) is 30.3 Å². The number of methoxy groups -OCH3 is 2. The van der Waals surface area contributed by atoms with Crippen molar-refractivity contribution in [3.63, 3.8) is 0 Å². The number of nitrogens with zero attached hydrogens (tertiary/aromatic N) is 4. The second kappa shape index (κ2) is 8.33. The van der Waals surface area contributed by atoms with Gasteiger partial charge < -0.3 is 14.8 Å². The van der Waals surface area contributed by atoms with Gasteiger partial charge in [0, 0.05) is 6.08 Å². The zero-order valence-corrected chi connectivity index (χ0v) is 15.3. The number of hydrogen-bond donors (Lipinski definition) is 1. The molecule has 9 heteroatoms. The van der Waals surface area contributed by atoms with Crippen LogP contribution in [0.25, 0.3) is 11.9 Å². The number of carbonyl (C=O) groups excluding carboxylic acids is 1. The first-order valence-corrected chi connectivity index (χ1v) is 8.20. The van der Waals surface area contributed by atoms with Crippen molar-refractivity contribution >= 4 is 29.3 Å². The number of aromatic nitrogens is 4. The third kappa shape index (κ3) is 4.42. The highest BCUT2D eigenvalue weighted by atomic mass is 35.5. The largest absolute Gasteiger partial charge is 0.493 e. The topological polar surface area (TPSA) is 91.2 Å². The first kappa shape index (κ1) is 18.4. The molecule has 0 aliphatic carbocycles. The molecule has 0 bridgehead atoms. The molecule has 0 unspecified atom stereocenters. The Hall–Kier alpha value is -3.39. The first-order chi connectivity index (χ1) is 13.1. The van der Waals surface area contributed by atoms with E-state index in [4.69, 9.17) is 21.1 Å². The van der Waals surface area contributed by atoms with E-state index in [0.29, 0.717) is 33.6 Å². The van der Waals surface area contributed by atoms with Crippen LogP contribution in [-0.4, -0.2) is 39.9 Å². The van der Waals surface area contributed by atoms with E-state index >= 15 is 0 Å². The first-order valence-electron chi connectivity index (χ1n) is 7.82. The van der Waals surface area contributed by atoms with Gasteiger partial charge in [0.25, 0.3) is 0 Å². The van der Waals surface area contributed by atoms with Crippen LogP contribution in [0.1, 0.15) is 5.56 Å². The minimum absolute atomic E-state index is 0.309. The number of halogens is 1. The Labute approximate surface area is 160 Å². The molecule has 0 fully saturated rings. The van der Waals surface area contributed by atoms with Crippen molar-refractivity contribution in [2.24, 2.45) is 0 Å². The molecule has 0 aliphatic heterocycles. The Morgan fingerprint density at radius 2 is 2.11 bits per heavy atom. The van der Waals surface area contributed by atoms with Gasteiger partial charge in [-0.1, -0.05) is 11.6 Å². The molecule has 0 saturated heterocycles. The number of anilines is 1. The van der Waals surface area contributed by atoms with Gasteiger partial charge in [-0.15, -0.1) is 0 Å². The van der Waals surface area contributed by atoms with Crippen molar-refractivity contribution in [2.75, 3.05) is 19.5 Å². The van der Waals surface area contributed by atoms with Crippen LogP contribution >= 0.6 is 11.6 Å². The minimum Gasteiger partial charge on any atom is -0.493 e. The summed E-state index contributed by atoms with van der Waals surface area (Å²) in [7, 11) is 3.03. The van der Waals surface area contributed by atoms with Crippen molar-refractivity contribution in [1.29, 1.82) is 0 Å². The van der Waals surface area contributed by atoms with Crippen molar-refractivity contribution in [3.05, 3.63) is 59.8 Å². The quantitative estimate of drug-likeness (QED) is 0.656. The predicted molar refractivity (Wildman–Crippen MR) is 101 cm³/mol. The van der Waals surface area contributed by atoms with Gasteiger partial charge in [0.05, 0.1) is 31.1 Å². The molecule has 0 atom stereocenters. The molecule has 1 aromatic carbocycles. The van der Waals surface area contributed by atoms with E-state index < -0.39 is 0 Å². The maximum absolute atomic E-state index is 12.1. The fraction of sp³-hybridized carbons (Fsp3) is 0.111. The molecule has 0 spiro atoms. The zero-order chi connectivity index (χ0) is 19.2. The number of hydrogen-bond acceptors (Lipinski definition) is 6. The zero-order valence-electron chi connectivity index (χ0n) is 14.6. The lowest BCUT2D eigenvalue weighted by atomic mass is 10.2. The molecule has 0 saturated carbocycles. The van der Waals surface area contributed by atoms with Gasteiger partial charge in [0.2, 0.25) is 5.91 Å². The van der Waals surface area contributed by atoms with Crippen LogP contribution in [0, 0.1) is 0 Å². The second-order valence-electron chi connectivity index (χ2n) is 5.31. The Kier molecular flexibility index (Phi) is 5.68. The highest BCUT2D eigenvalue weighted by molar-refractivity contribution is 6.32. The lowest BCUT2D eigenvalue weighted by Crippen LogP contribution is -2.08. The van der Waals surface area contributed by atoms with Gasteiger partial charge in [-0.05, 0) is 35.9 Å². The summed E-state index contributed by atoms with van der Waals surface area (Å²) >= 11 is 6.16. The molecule has 1 N–H and O–H groups in total. The van der Waals surface area contributed by atoms with Gasteiger partial charge in [0.1, 0.15) is 12.7 Å². The maximum Gasteiger partial charge on any atom is 0.248 e. The average Bonchev–Trinajstić information content (AvgIpc) is 3.21. The molecule has 0 aliphatic rings. The summed E-state index contributed by atoms with van der Waals surface area (Å²) in [4.78, 5) is 20.2. The fourth-order valence-electron chi connectivity index (χ4n) is 2.31. The summed E-state index contributed by atoms with van der Waals surface area (Å²) in [6.45, 7) is 0. The summed E-state index contributed by atoms with van der Waals surface area (Å²) in [5.74, 6) is 1.22. The van der Waals surface area contributed by atoms with Gasteiger partial charge in [-0.3, -0.25) is 4.79 Å². The number of ether oxygens (including phenoxy) is 2. The van der Waals surface area contributed by atoms with Crippen molar-refractivity contribution < 1.29 is 14.3 Å². The van der Waals surface area contributed by atoms with Crippen molar-refractivity contribution in [2.45, 2.75) is 0 Å². The molecule has 3 aromatic rings. The van der Waals surface area contributed by atoms with E-state index in [0.717, 1.165) is 0 Å². The predicted octanol–water partition coefficient (Wildman–Crippen LogP) is 2.98. The average molecular weight is 386 g/mol. The molecule has 1 amide bonds. The molecular weight excluding hydrogens is 370 g/mol. The second-order valence-corrected chi connectivity index (χ2v) is 5.71. The summed E-state index contributed by atoms with van der Waals surface area (Å²) in [5.41, 5.74) is 1.26. The van der Waals surface area contributed by atoms with Crippen LogP contribution in [-0.2, 0) is 4.79 Å². The van der Waals surface area contributed by atoms with Crippen LogP contribution in [0.4, 0.5) is 5.69 Å². The van der Waals surface area contributed by atoms with E-state index in [1.807, 2.05) is 0 Å². The van der Waals surface area contributed by atoms with Crippen molar-refractivity contribution in [3.8, 4) is 17.3 Å². The highest BCUT2D eigenvalue weighted by Gasteiger charge is 2.10. The van der Waals surface area contributed by atoms with Gasteiger partial charge in [-0.25, -0.2) is 14.6 Å². The van der Waals surface area contributed by atoms with E-state index in [9.17, 15) is 4.79 Å². The minimum atomic E-state index is -0.309. The molecule has 2 aromatic heterocycles. The van der Waals surface area contributed by atoms with Crippen LogP contribution in [0.2, 0.25) is 5.02 Å². The molecular formula is C18H16ClN5O3. The monoisotopic (exact) mass is 385 g/mol. The highest BCUT2D eigenvalue weighted by Crippen LogP contribution is 2.36. The normalized spacial score (nSPS) is 10.8. The van der Waals surface area contributed by atoms with Crippen LogP contribution in [0.3, 0.4) is 0 Å². The van der Waals surface area contributed by atoms with E-state index in [-0.39, 0.29) is 5.91 Å². The SMILES string of the molecule is COc1cc(C=CC(=O)Nc2ccc(-n3cncn3)nc2)cc(Cl)c1OC. The Balaban J connectivity index is 1.68. The molecule has 0 radical (unpaired) electrons. The molecule has 2 heterocycles. The summed E-state index contributed by atoms with van der Waals surface area (Å²) in [5, 5.41) is 7.11. The molecule has 138 valence electrons. The summed E-state index contributed by atoms with van der Waals surface area (Å²) < 4.78 is 11.9. The smallest absolute Gasteiger partial charge is 0.248 e. The fourth-order valence-corrected chi connectivity index (χ4v) is 2.61. The standard InChI is InChI=1S/C18H16ClN5O3/c1-26-15-8-12(7-14(19)18(15)27-2)3-6-17(25)23-13-4-5-16(21-9-13)24-11-20-10-22-24/h3-11H,1-2H3,(H,23,25). The van der Waals surface area contributed by atoms with E-state index in [2.05, 4.69) is 20.4 Å². The number of pyridine rings is 1. The maximum atomic E-state index is 12.1. The Bertz CT molecular complexity index is 956. The third-order valence-corrected chi connectivity index (χ3v) is 3.83. The number of rotatable bonds is 6. The Morgan fingerprint density at radius 3 is 2.74 bits per heavy atom. The number of amides is 1. The van der Waals surface area contributed by atoms with Crippen LogP contribution in [0.15, 0.2) is 49.2 Å². The Morgan fingerprint density at radius 1 is 1.26 bits per heavy atom. The number of nitrogens with one attached hydrogen (secondary N) is 1. The van der Waals surface area contributed by atoms with Gasteiger partial charge >= 0.3 is 0 Å². The molecule has 3 rings (SSSR count). The molecule has 8 nitrogen and oxygen atoms in total. The molecule has 27 heavy (non-hydrogen) atoms. The van der Waals surface area contributed by atoms with Crippen LogP contribution < -0.4 is 14.8 Å². The van der Waals surface area contributed by atoms with Crippen molar-refractivity contribution in [1.82, 2.24) is 19.7 Å². The van der Waals surface area contributed by atoms with E-state index in [1.165, 1.54) is 43.8 Å². The van der Waals surface area contributed by atoms with Gasteiger partial charge in [-0.2, -0.15) is 5.10 Å².